The van der Waals surface area contributed by atoms with Crippen molar-refractivity contribution >= 4 is 17.6 Å². The van der Waals surface area contributed by atoms with Gasteiger partial charge in [-0.05, 0) is 17.7 Å². The van der Waals surface area contributed by atoms with Gasteiger partial charge in [0.25, 0.3) is 5.69 Å². The maximum Gasteiger partial charge on any atom is 0.414 e. The molecule has 1 aromatic carbocycles. The molecule has 3 rings (SSSR count). The maximum atomic E-state index is 10.8. The number of carbonyl (C=O) groups is 2. The molecule has 1 aliphatic heterocycles. The molecular formula is C19H22N4O6. The Labute approximate surface area is 167 Å². The van der Waals surface area contributed by atoms with Gasteiger partial charge in [0.2, 0.25) is 0 Å². The Kier molecular flexibility index (Phi) is 8.19. The lowest BCUT2D eigenvalue weighted by Gasteiger charge is -2.34. The van der Waals surface area contributed by atoms with Crippen molar-refractivity contribution in [3.8, 4) is 0 Å². The predicted molar refractivity (Wildman–Crippen MR) is 103 cm³/mol. The van der Waals surface area contributed by atoms with Gasteiger partial charge < -0.3 is 10.2 Å². The van der Waals surface area contributed by atoms with Crippen LogP contribution >= 0.6 is 0 Å². The van der Waals surface area contributed by atoms with Gasteiger partial charge in [0.05, 0.1) is 10.6 Å². The molecule has 0 amide bonds. The molecule has 1 fully saturated rings. The van der Waals surface area contributed by atoms with Crippen LogP contribution in [-0.4, -0.2) is 68.0 Å². The number of aromatic nitrogens is 1. The van der Waals surface area contributed by atoms with Gasteiger partial charge in [0.15, 0.2) is 0 Å². The number of aliphatic carboxylic acids is 2. The molecule has 0 bridgehead atoms. The summed E-state index contributed by atoms with van der Waals surface area (Å²) in [6, 6.07) is 12.9. The molecule has 2 heterocycles. The van der Waals surface area contributed by atoms with Gasteiger partial charge in [-0.2, -0.15) is 0 Å². The summed E-state index contributed by atoms with van der Waals surface area (Å²) in [6.45, 7) is 5.56. The normalized spacial score (nSPS) is 14.5. The lowest BCUT2D eigenvalue weighted by atomic mass is 10.1. The highest BCUT2D eigenvalue weighted by atomic mass is 16.6. The standard InChI is InChI=1S/C17H20N4O2.C2H2O4/c22-21(23)17-6-3-4-15(12-17)13-19-8-10-20(11-9-19)14-16-5-1-2-7-18-16;3-1(4)2(5)6/h1-7,12H,8-11,13-14H2;(H,3,4)(H,5,6). The fraction of sp³-hybridized carbons (Fsp3) is 0.316. The highest BCUT2D eigenvalue weighted by Crippen LogP contribution is 2.16. The van der Waals surface area contributed by atoms with Crippen LogP contribution in [0, 0.1) is 10.1 Å². The summed E-state index contributed by atoms with van der Waals surface area (Å²) in [6.07, 6.45) is 1.83. The number of hydrogen-bond acceptors (Lipinski definition) is 7. The first-order valence-corrected chi connectivity index (χ1v) is 8.89. The first-order chi connectivity index (χ1) is 13.8. The highest BCUT2D eigenvalue weighted by molar-refractivity contribution is 6.27. The van der Waals surface area contributed by atoms with Gasteiger partial charge in [-0.25, -0.2) is 9.59 Å². The van der Waals surface area contributed by atoms with E-state index in [0.29, 0.717) is 0 Å². The Hall–Kier alpha value is -3.37. The number of carboxylic acids is 2. The summed E-state index contributed by atoms with van der Waals surface area (Å²) in [5, 5.41) is 25.6. The van der Waals surface area contributed by atoms with Gasteiger partial charge >= 0.3 is 11.9 Å². The molecule has 29 heavy (non-hydrogen) atoms. The number of pyridine rings is 1. The van der Waals surface area contributed by atoms with Crippen LogP contribution < -0.4 is 0 Å². The van der Waals surface area contributed by atoms with Gasteiger partial charge in [-0.3, -0.25) is 24.9 Å². The second-order valence-corrected chi connectivity index (χ2v) is 6.41. The smallest absolute Gasteiger partial charge is 0.414 e. The third-order valence-corrected chi connectivity index (χ3v) is 4.29. The zero-order chi connectivity index (χ0) is 21.2. The second-order valence-electron chi connectivity index (χ2n) is 6.41. The Bertz CT molecular complexity index is 826. The molecule has 0 radical (unpaired) electrons. The van der Waals surface area contributed by atoms with Crippen LogP contribution in [0.15, 0.2) is 48.7 Å². The number of nitrogens with zero attached hydrogens (tertiary/aromatic N) is 4. The third kappa shape index (κ3) is 7.64. The number of carboxylic acid groups (broad SMARTS) is 2. The van der Waals surface area contributed by atoms with Crippen LogP contribution in [-0.2, 0) is 22.7 Å². The number of nitro groups is 1. The number of hydrogen-bond donors (Lipinski definition) is 2. The minimum absolute atomic E-state index is 0.163. The fourth-order valence-electron chi connectivity index (χ4n) is 2.85. The van der Waals surface area contributed by atoms with Crippen LogP contribution in [0.5, 0.6) is 0 Å². The molecule has 0 spiro atoms. The zero-order valence-electron chi connectivity index (χ0n) is 15.7. The number of piperazine rings is 1. The number of benzene rings is 1. The minimum atomic E-state index is -1.82. The van der Waals surface area contributed by atoms with E-state index in [1.54, 1.807) is 12.1 Å². The SMILES string of the molecule is O=C(O)C(=O)O.O=[N+]([O-])c1cccc(CN2CCN(Cc3ccccn3)CC2)c1. The third-order valence-electron chi connectivity index (χ3n) is 4.29. The maximum absolute atomic E-state index is 10.8. The van der Waals surface area contributed by atoms with E-state index in [4.69, 9.17) is 19.8 Å². The van der Waals surface area contributed by atoms with Gasteiger partial charge in [0.1, 0.15) is 0 Å². The van der Waals surface area contributed by atoms with E-state index < -0.39 is 11.9 Å². The first-order valence-electron chi connectivity index (χ1n) is 8.89. The van der Waals surface area contributed by atoms with E-state index in [-0.39, 0.29) is 10.6 Å². The summed E-state index contributed by atoms with van der Waals surface area (Å²) >= 11 is 0. The summed E-state index contributed by atoms with van der Waals surface area (Å²) in [5.74, 6) is -3.65. The van der Waals surface area contributed by atoms with E-state index in [9.17, 15) is 10.1 Å². The number of nitro benzene ring substituents is 1. The molecule has 10 heteroatoms. The lowest BCUT2D eigenvalue weighted by molar-refractivity contribution is -0.384. The average molecular weight is 402 g/mol. The Balaban J connectivity index is 0.000000438. The lowest BCUT2D eigenvalue weighted by Crippen LogP contribution is -2.45. The van der Waals surface area contributed by atoms with E-state index in [2.05, 4.69) is 20.9 Å². The van der Waals surface area contributed by atoms with Gasteiger partial charge in [-0.1, -0.05) is 18.2 Å². The molecule has 10 nitrogen and oxygen atoms in total. The van der Waals surface area contributed by atoms with E-state index in [1.807, 2.05) is 24.4 Å². The molecule has 1 saturated heterocycles. The Morgan fingerprint density at radius 2 is 1.59 bits per heavy atom. The molecule has 0 unspecified atom stereocenters. The molecule has 2 aromatic rings. The molecular weight excluding hydrogens is 380 g/mol. The van der Waals surface area contributed by atoms with Crippen molar-refractivity contribution < 1.29 is 24.7 Å². The topological polar surface area (TPSA) is 137 Å². The molecule has 2 N–H and O–H groups in total. The monoisotopic (exact) mass is 402 g/mol. The molecule has 1 aromatic heterocycles. The van der Waals surface area contributed by atoms with E-state index in [1.165, 1.54) is 6.07 Å². The highest BCUT2D eigenvalue weighted by Gasteiger charge is 2.18. The van der Waals surface area contributed by atoms with E-state index in [0.717, 1.165) is 50.5 Å². The van der Waals surface area contributed by atoms with Crippen molar-refractivity contribution in [3.05, 3.63) is 70.0 Å². The van der Waals surface area contributed by atoms with Crippen molar-refractivity contribution in [2.24, 2.45) is 0 Å². The summed E-state index contributed by atoms with van der Waals surface area (Å²) in [5.41, 5.74) is 2.26. The number of non-ortho nitro benzene ring substituents is 1. The van der Waals surface area contributed by atoms with Gasteiger partial charge in [-0.15, -0.1) is 0 Å². The molecule has 0 aliphatic carbocycles. The van der Waals surface area contributed by atoms with Crippen LogP contribution in [0.2, 0.25) is 0 Å². The van der Waals surface area contributed by atoms with Crippen LogP contribution in [0.1, 0.15) is 11.3 Å². The van der Waals surface area contributed by atoms with Crippen molar-refractivity contribution in [2.75, 3.05) is 26.2 Å². The number of rotatable bonds is 5. The fourth-order valence-corrected chi connectivity index (χ4v) is 2.85. The Morgan fingerprint density at radius 1 is 0.966 bits per heavy atom. The quantitative estimate of drug-likeness (QED) is 0.432. The van der Waals surface area contributed by atoms with Gasteiger partial charge in [0, 0.05) is 57.6 Å². The van der Waals surface area contributed by atoms with Crippen LogP contribution in [0.3, 0.4) is 0 Å². The predicted octanol–water partition coefficient (Wildman–Crippen LogP) is 1.46. The summed E-state index contributed by atoms with van der Waals surface area (Å²) in [4.78, 5) is 37.8. The van der Waals surface area contributed by atoms with Crippen molar-refractivity contribution in [3.63, 3.8) is 0 Å². The minimum Gasteiger partial charge on any atom is -0.473 e. The van der Waals surface area contributed by atoms with Crippen LogP contribution in [0.25, 0.3) is 0 Å². The zero-order valence-corrected chi connectivity index (χ0v) is 15.7. The van der Waals surface area contributed by atoms with Crippen molar-refractivity contribution in [1.29, 1.82) is 0 Å². The second kappa shape index (κ2) is 10.8. The van der Waals surface area contributed by atoms with Crippen molar-refractivity contribution in [1.82, 2.24) is 14.8 Å². The van der Waals surface area contributed by atoms with Crippen LogP contribution in [0.4, 0.5) is 5.69 Å². The van der Waals surface area contributed by atoms with Crippen molar-refractivity contribution in [2.45, 2.75) is 13.1 Å². The first kappa shape index (κ1) is 21.9. The average Bonchev–Trinajstić information content (AvgIpc) is 2.71. The largest absolute Gasteiger partial charge is 0.473 e. The molecule has 0 atom stereocenters. The summed E-state index contributed by atoms with van der Waals surface area (Å²) < 4.78 is 0. The van der Waals surface area contributed by atoms with E-state index >= 15 is 0 Å². The summed E-state index contributed by atoms with van der Waals surface area (Å²) in [7, 11) is 0. The molecule has 1 aliphatic rings. The molecule has 0 saturated carbocycles. The molecule has 154 valence electrons. The Morgan fingerprint density at radius 3 is 2.10 bits per heavy atom.